The van der Waals surface area contributed by atoms with Gasteiger partial charge in [0.1, 0.15) is 0 Å². The van der Waals surface area contributed by atoms with Crippen LogP contribution in [-0.4, -0.2) is 47.3 Å². The first-order valence-electron chi connectivity index (χ1n) is 9.90. The van der Waals surface area contributed by atoms with Crippen molar-refractivity contribution in [2.75, 3.05) is 19.6 Å². The van der Waals surface area contributed by atoms with Crippen molar-refractivity contribution < 1.29 is 9.59 Å². The fourth-order valence-corrected chi connectivity index (χ4v) is 5.43. The van der Waals surface area contributed by atoms with Crippen molar-refractivity contribution in [3.05, 3.63) is 12.2 Å². The van der Waals surface area contributed by atoms with Crippen LogP contribution in [0.25, 0.3) is 0 Å². The van der Waals surface area contributed by atoms with Crippen LogP contribution < -0.4 is 0 Å². The van der Waals surface area contributed by atoms with Gasteiger partial charge in [-0.1, -0.05) is 25.0 Å². The number of likely N-dealkylation sites (tertiary alicyclic amines) is 2. The largest absolute Gasteiger partial charge is 0.342 e. The van der Waals surface area contributed by atoms with Crippen LogP contribution in [0.5, 0.6) is 0 Å². The van der Waals surface area contributed by atoms with E-state index in [1.807, 2.05) is 4.90 Å². The third-order valence-corrected chi connectivity index (χ3v) is 6.81. The Morgan fingerprint density at radius 3 is 2.71 bits per heavy atom. The molecule has 0 aromatic rings. The highest BCUT2D eigenvalue weighted by Gasteiger charge is 2.43. The summed E-state index contributed by atoms with van der Waals surface area (Å²) in [7, 11) is 0. The van der Waals surface area contributed by atoms with Gasteiger partial charge in [0.15, 0.2) is 0 Å². The van der Waals surface area contributed by atoms with E-state index in [0.717, 1.165) is 45.2 Å². The SMILES string of the molecule is O=C([C@H]1CC(=O)N(C2CCCC2)C1)N1CCC[C@@]2(CC=CCC2)C1. The molecule has 4 nitrogen and oxygen atoms in total. The lowest BCUT2D eigenvalue weighted by Crippen LogP contribution is -2.48. The van der Waals surface area contributed by atoms with Gasteiger partial charge in [0, 0.05) is 32.1 Å². The maximum absolute atomic E-state index is 13.1. The highest BCUT2D eigenvalue weighted by Crippen LogP contribution is 2.41. The van der Waals surface area contributed by atoms with Crippen molar-refractivity contribution in [1.82, 2.24) is 9.80 Å². The second-order valence-electron chi connectivity index (χ2n) is 8.46. The molecule has 1 spiro atoms. The molecule has 4 rings (SSSR count). The molecule has 2 saturated heterocycles. The standard InChI is InChI=1S/C20H30N2O2/c23-18-13-16(14-22(18)17-7-2-3-8-17)19(24)21-12-6-11-20(15-21)9-4-1-5-10-20/h1,4,16-17H,2-3,5-15H2/t16-,20-/m0/s1. The third kappa shape index (κ3) is 3.00. The molecule has 4 aliphatic rings. The summed E-state index contributed by atoms with van der Waals surface area (Å²) >= 11 is 0. The summed E-state index contributed by atoms with van der Waals surface area (Å²) in [6, 6.07) is 0.409. The number of nitrogens with zero attached hydrogens (tertiary/aromatic N) is 2. The lowest BCUT2D eigenvalue weighted by atomic mass is 9.71. The van der Waals surface area contributed by atoms with E-state index in [4.69, 9.17) is 0 Å². The predicted molar refractivity (Wildman–Crippen MR) is 93.3 cm³/mol. The van der Waals surface area contributed by atoms with Crippen molar-refractivity contribution in [1.29, 1.82) is 0 Å². The Bertz CT molecular complexity index is 538. The van der Waals surface area contributed by atoms with Gasteiger partial charge in [0.05, 0.1) is 5.92 Å². The fourth-order valence-electron chi connectivity index (χ4n) is 5.43. The maximum atomic E-state index is 13.1. The molecule has 2 atom stereocenters. The first-order chi connectivity index (χ1) is 11.7. The van der Waals surface area contributed by atoms with Crippen molar-refractivity contribution in [3.63, 3.8) is 0 Å². The summed E-state index contributed by atoms with van der Waals surface area (Å²) in [6.07, 6.45) is 15.6. The van der Waals surface area contributed by atoms with Crippen molar-refractivity contribution in [2.24, 2.45) is 11.3 Å². The number of hydrogen-bond acceptors (Lipinski definition) is 2. The van der Waals surface area contributed by atoms with Gasteiger partial charge in [0.2, 0.25) is 11.8 Å². The van der Waals surface area contributed by atoms with E-state index in [-0.39, 0.29) is 17.7 Å². The van der Waals surface area contributed by atoms with Gasteiger partial charge in [-0.3, -0.25) is 9.59 Å². The van der Waals surface area contributed by atoms with Gasteiger partial charge >= 0.3 is 0 Å². The fraction of sp³-hybridized carbons (Fsp3) is 0.800. The minimum atomic E-state index is -0.0904. The molecule has 132 valence electrons. The van der Waals surface area contributed by atoms with Crippen LogP contribution in [0, 0.1) is 11.3 Å². The van der Waals surface area contributed by atoms with Gasteiger partial charge in [0.25, 0.3) is 0 Å². The first kappa shape index (κ1) is 16.2. The van der Waals surface area contributed by atoms with E-state index < -0.39 is 0 Å². The van der Waals surface area contributed by atoms with Gasteiger partial charge in [-0.2, -0.15) is 0 Å². The molecule has 3 fully saturated rings. The van der Waals surface area contributed by atoms with E-state index in [2.05, 4.69) is 17.1 Å². The molecule has 24 heavy (non-hydrogen) atoms. The van der Waals surface area contributed by atoms with Crippen molar-refractivity contribution in [2.45, 2.75) is 70.3 Å². The molecule has 2 heterocycles. The normalized spacial score (nSPS) is 34.5. The Labute approximate surface area is 145 Å². The smallest absolute Gasteiger partial charge is 0.228 e. The highest BCUT2D eigenvalue weighted by atomic mass is 16.2. The average Bonchev–Trinajstić information content (AvgIpc) is 3.24. The Kier molecular flexibility index (Phi) is 4.40. The molecular weight excluding hydrogens is 300 g/mol. The molecule has 0 radical (unpaired) electrons. The summed E-state index contributed by atoms with van der Waals surface area (Å²) in [4.78, 5) is 29.6. The zero-order valence-corrected chi connectivity index (χ0v) is 14.7. The minimum Gasteiger partial charge on any atom is -0.342 e. The van der Waals surface area contributed by atoms with E-state index in [0.29, 0.717) is 24.4 Å². The zero-order valence-electron chi connectivity index (χ0n) is 14.7. The summed E-state index contributed by atoms with van der Waals surface area (Å²) < 4.78 is 0. The molecule has 1 saturated carbocycles. The molecular formula is C20H30N2O2. The van der Waals surface area contributed by atoms with Crippen molar-refractivity contribution in [3.8, 4) is 0 Å². The van der Waals surface area contributed by atoms with E-state index in [1.54, 1.807) is 0 Å². The van der Waals surface area contributed by atoms with Gasteiger partial charge in [-0.05, 0) is 50.4 Å². The van der Waals surface area contributed by atoms with E-state index in [9.17, 15) is 9.59 Å². The Morgan fingerprint density at radius 2 is 1.96 bits per heavy atom. The highest BCUT2D eigenvalue weighted by molar-refractivity contribution is 5.89. The number of rotatable bonds is 2. The molecule has 0 aromatic heterocycles. The topological polar surface area (TPSA) is 40.6 Å². The summed E-state index contributed by atoms with van der Waals surface area (Å²) in [5.41, 5.74) is 0.316. The van der Waals surface area contributed by atoms with Crippen LogP contribution in [0.2, 0.25) is 0 Å². The lowest BCUT2D eigenvalue weighted by Gasteiger charge is -2.44. The van der Waals surface area contributed by atoms with E-state index >= 15 is 0 Å². The Hall–Kier alpha value is -1.32. The van der Waals surface area contributed by atoms with Gasteiger partial charge < -0.3 is 9.80 Å². The lowest BCUT2D eigenvalue weighted by molar-refractivity contribution is -0.139. The third-order valence-electron chi connectivity index (χ3n) is 6.81. The van der Waals surface area contributed by atoms with Crippen LogP contribution in [0.4, 0.5) is 0 Å². The molecule has 0 N–H and O–H groups in total. The molecule has 2 amide bonds. The summed E-state index contributed by atoms with van der Waals surface area (Å²) in [6.45, 7) is 2.47. The van der Waals surface area contributed by atoms with Crippen LogP contribution in [0.15, 0.2) is 12.2 Å². The molecule has 0 bridgehead atoms. The number of amides is 2. The molecule has 0 aromatic carbocycles. The zero-order chi connectivity index (χ0) is 16.6. The van der Waals surface area contributed by atoms with E-state index in [1.165, 1.54) is 25.7 Å². The molecule has 4 heteroatoms. The number of hydrogen-bond donors (Lipinski definition) is 0. The Balaban J connectivity index is 1.40. The van der Waals surface area contributed by atoms with Crippen molar-refractivity contribution >= 4 is 11.8 Å². The first-order valence-corrected chi connectivity index (χ1v) is 9.90. The monoisotopic (exact) mass is 330 g/mol. The predicted octanol–water partition coefficient (Wildman–Crippen LogP) is 3.13. The second kappa shape index (κ2) is 6.53. The minimum absolute atomic E-state index is 0.0904. The van der Waals surface area contributed by atoms with Crippen LogP contribution in [-0.2, 0) is 9.59 Å². The van der Waals surface area contributed by atoms with Crippen LogP contribution in [0.3, 0.4) is 0 Å². The van der Waals surface area contributed by atoms with Crippen LogP contribution in [0.1, 0.15) is 64.2 Å². The molecule has 2 aliphatic carbocycles. The summed E-state index contributed by atoms with van der Waals surface area (Å²) in [5, 5.41) is 0. The van der Waals surface area contributed by atoms with Gasteiger partial charge in [-0.25, -0.2) is 0 Å². The maximum Gasteiger partial charge on any atom is 0.228 e. The number of allylic oxidation sites excluding steroid dienone is 2. The number of carbonyl (C=O) groups excluding carboxylic acids is 2. The average molecular weight is 330 g/mol. The van der Waals surface area contributed by atoms with Gasteiger partial charge in [-0.15, -0.1) is 0 Å². The number of piperidine rings is 1. The number of carbonyl (C=O) groups is 2. The summed E-state index contributed by atoms with van der Waals surface area (Å²) in [5.74, 6) is 0.373. The second-order valence-corrected chi connectivity index (χ2v) is 8.46. The van der Waals surface area contributed by atoms with Crippen LogP contribution >= 0.6 is 0 Å². The molecule has 2 aliphatic heterocycles. The Morgan fingerprint density at radius 1 is 1.12 bits per heavy atom. The molecule has 0 unspecified atom stereocenters. The quantitative estimate of drug-likeness (QED) is 0.730.